The van der Waals surface area contributed by atoms with Gasteiger partial charge in [0.2, 0.25) is 5.75 Å². The van der Waals surface area contributed by atoms with E-state index in [1.54, 1.807) is 24.3 Å². The Labute approximate surface area is 203 Å². The molecule has 180 valence electrons. The zero-order chi connectivity index (χ0) is 25.1. The van der Waals surface area contributed by atoms with Gasteiger partial charge in [-0.3, -0.25) is 9.52 Å². The SMILES string of the molecule is COc1ccc(Cl)c(Oc2c(NS(=O)(=O)c3ccc(C(C)(C)C)cc3)nc(C=O)nc2OC)c1. The van der Waals surface area contributed by atoms with Gasteiger partial charge in [-0.15, -0.1) is 0 Å². The third kappa shape index (κ3) is 5.57. The van der Waals surface area contributed by atoms with Crippen LogP contribution in [0.2, 0.25) is 5.02 Å². The van der Waals surface area contributed by atoms with Crippen molar-refractivity contribution in [2.75, 3.05) is 18.9 Å². The fourth-order valence-electron chi connectivity index (χ4n) is 2.92. The van der Waals surface area contributed by atoms with Crippen LogP contribution in [0.1, 0.15) is 37.0 Å². The van der Waals surface area contributed by atoms with Crippen LogP contribution in [0.15, 0.2) is 47.4 Å². The molecule has 0 amide bonds. The van der Waals surface area contributed by atoms with Gasteiger partial charge in [-0.05, 0) is 35.2 Å². The summed E-state index contributed by atoms with van der Waals surface area (Å²) in [6.07, 6.45) is 0.362. The largest absolute Gasteiger partial charge is 0.497 e. The molecule has 0 fully saturated rings. The van der Waals surface area contributed by atoms with E-state index < -0.39 is 10.0 Å². The molecule has 0 atom stereocenters. The van der Waals surface area contributed by atoms with Crippen LogP contribution in [0, 0.1) is 0 Å². The van der Waals surface area contributed by atoms with Crippen LogP contribution in [0.4, 0.5) is 5.82 Å². The van der Waals surface area contributed by atoms with Gasteiger partial charge in [0, 0.05) is 6.07 Å². The third-order valence-corrected chi connectivity index (χ3v) is 6.43. The average Bonchev–Trinajstić information content (AvgIpc) is 2.80. The number of ether oxygens (including phenoxy) is 3. The molecular weight excluding hydrogens is 482 g/mol. The van der Waals surface area contributed by atoms with E-state index >= 15 is 0 Å². The van der Waals surface area contributed by atoms with Gasteiger partial charge in [0.25, 0.3) is 15.9 Å². The van der Waals surface area contributed by atoms with Crippen LogP contribution in [0.25, 0.3) is 0 Å². The number of hydrogen-bond acceptors (Lipinski definition) is 8. The number of aldehydes is 1. The molecule has 9 nitrogen and oxygen atoms in total. The molecule has 1 N–H and O–H groups in total. The topological polar surface area (TPSA) is 117 Å². The van der Waals surface area contributed by atoms with Crippen LogP contribution in [0.5, 0.6) is 23.1 Å². The fourth-order valence-corrected chi connectivity index (χ4v) is 4.08. The van der Waals surface area contributed by atoms with Crippen molar-refractivity contribution < 1.29 is 27.4 Å². The minimum Gasteiger partial charge on any atom is -0.497 e. The molecule has 11 heteroatoms. The molecule has 0 aliphatic carbocycles. The molecule has 3 aromatic rings. The number of carbonyl (C=O) groups is 1. The second-order valence-corrected chi connectivity index (χ2v) is 10.3. The number of anilines is 1. The second kappa shape index (κ2) is 9.86. The van der Waals surface area contributed by atoms with Crippen molar-refractivity contribution in [2.45, 2.75) is 31.1 Å². The number of nitrogens with one attached hydrogen (secondary N) is 1. The highest BCUT2D eigenvalue weighted by molar-refractivity contribution is 7.92. The molecule has 0 aliphatic heterocycles. The maximum absolute atomic E-state index is 13.1. The fraction of sp³-hybridized carbons (Fsp3) is 0.261. The van der Waals surface area contributed by atoms with Crippen LogP contribution in [-0.4, -0.2) is 38.9 Å². The number of sulfonamides is 1. The monoisotopic (exact) mass is 505 g/mol. The standard InChI is InChI=1S/C23H24ClN3O6S/c1-23(2,3)14-6-9-16(10-7-14)34(29,30)27-21-20(22(32-5)26-19(13-28)25-21)33-18-12-15(31-4)8-11-17(18)24/h6-13H,1-5H3,(H,25,26,27). The maximum atomic E-state index is 13.1. The highest BCUT2D eigenvalue weighted by Gasteiger charge is 2.25. The van der Waals surface area contributed by atoms with Crippen molar-refractivity contribution in [1.82, 2.24) is 9.97 Å². The zero-order valence-electron chi connectivity index (χ0n) is 19.2. The van der Waals surface area contributed by atoms with Crippen molar-refractivity contribution in [3.63, 3.8) is 0 Å². The number of methoxy groups -OCH3 is 2. The first-order valence-corrected chi connectivity index (χ1v) is 11.9. The van der Waals surface area contributed by atoms with Crippen molar-refractivity contribution in [3.05, 3.63) is 58.9 Å². The number of rotatable bonds is 8. The molecule has 1 aromatic heterocycles. The molecule has 2 aromatic carbocycles. The molecule has 1 heterocycles. The van der Waals surface area contributed by atoms with E-state index in [9.17, 15) is 13.2 Å². The van der Waals surface area contributed by atoms with Gasteiger partial charge in [0.15, 0.2) is 17.9 Å². The van der Waals surface area contributed by atoms with E-state index in [0.717, 1.165) is 5.56 Å². The Morgan fingerprint density at radius 2 is 1.68 bits per heavy atom. The highest BCUT2D eigenvalue weighted by Crippen LogP contribution is 2.40. The molecular formula is C23H24ClN3O6S. The summed E-state index contributed by atoms with van der Waals surface area (Å²) in [6, 6.07) is 11.1. The summed E-state index contributed by atoms with van der Waals surface area (Å²) in [5, 5.41) is 0.217. The van der Waals surface area contributed by atoms with E-state index in [4.69, 9.17) is 25.8 Å². The Morgan fingerprint density at radius 1 is 1.00 bits per heavy atom. The molecule has 0 saturated carbocycles. The summed E-state index contributed by atoms with van der Waals surface area (Å²) < 4.78 is 44.9. The minimum absolute atomic E-state index is 0.00362. The van der Waals surface area contributed by atoms with Crippen LogP contribution in [0.3, 0.4) is 0 Å². The molecule has 0 bridgehead atoms. The van der Waals surface area contributed by atoms with Crippen molar-refractivity contribution in [2.24, 2.45) is 0 Å². The van der Waals surface area contributed by atoms with Gasteiger partial charge < -0.3 is 14.2 Å². The van der Waals surface area contributed by atoms with Gasteiger partial charge >= 0.3 is 0 Å². The molecule has 0 radical (unpaired) electrons. The van der Waals surface area contributed by atoms with Crippen LogP contribution >= 0.6 is 11.6 Å². The Hall–Kier alpha value is -3.37. The summed E-state index contributed by atoms with van der Waals surface area (Å²) in [7, 11) is -1.35. The second-order valence-electron chi connectivity index (χ2n) is 8.16. The predicted octanol–water partition coefficient (Wildman–Crippen LogP) is 4.85. The molecule has 34 heavy (non-hydrogen) atoms. The zero-order valence-corrected chi connectivity index (χ0v) is 20.8. The third-order valence-electron chi connectivity index (χ3n) is 4.76. The lowest BCUT2D eigenvalue weighted by molar-refractivity contribution is 0.111. The summed E-state index contributed by atoms with van der Waals surface area (Å²) in [5.41, 5.74) is 0.820. The van der Waals surface area contributed by atoms with Crippen molar-refractivity contribution >= 4 is 33.7 Å². The van der Waals surface area contributed by atoms with Gasteiger partial charge in [-0.25, -0.2) is 13.4 Å². The molecule has 3 rings (SSSR count). The normalized spacial score (nSPS) is 11.6. The summed E-state index contributed by atoms with van der Waals surface area (Å²) >= 11 is 6.23. The van der Waals surface area contributed by atoms with Gasteiger partial charge in [-0.1, -0.05) is 44.5 Å². The number of halogens is 1. The number of nitrogens with zero attached hydrogens (tertiary/aromatic N) is 2. The summed E-state index contributed by atoms with van der Waals surface area (Å²) in [5.74, 6) is -0.369. The quantitative estimate of drug-likeness (QED) is 0.432. The lowest BCUT2D eigenvalue weighted by Gasteiger charge is -2.19. The molecule has 0 aliphatic rings. The Bertz CT molecular complexity index is 1310. The number of benzene rings is 2. The molecule has 0 spiro atoms. The first-order chi connectivity index (χ1) is 16.0. The number of hydrogen-bond donors (Lipinski definition) is 1. The lowest BCUT2D eigenvalue weighted by Crippen LogP contribution is -2.17. The highest BCUT2D eigenvalue weighted by atomic mass is 35.5. The lowest BCUT2D eigenvalue weighted by atomic mass is 9.87. The Morgan fingerprint density at radius 3 is 2.24 bits per heavy atom. The van der Waals surface area contributed by atoms with Crippen molar-refractivity contribution in [1.29, 1.82) is 0 Å². The minimum atomic E-state index is -4.11. The van der Waals surface area contributed by atoms with Crippen molar-refractivity contribution in [3.8, 4) is 23.1 Å². The van der Waals surface area contributed by atoms with E-state index in [2.05, 4.69) is 14.7 Å². The van der Waals surface area contributed by atoms with Gasteiger partial charge in [0.1, 0.15) is 11.5 Å². The summed E-state index contributed by atoms with van der Waals surface area (Å²) in [4.78, 5) is 19.3. The average molecular weight is 506 g/mol. The van der Waals surface area contributed by atoms with Gasteiger partial charge in [-0.2, -0.15) is 4.98 Å². The smallest absolute Gasteiger partial charge is 0.263 e. The number of aromatic nitrogens is 2. The first kappa shape index (κ1) is 25.3. The summed E-state index contributed by atoms with van der Waals surface area (Å²) in [6.45, 7) is 6.07. The van der Waals surface area contributed by atoms with Crippen LogP contribution in [-0.2, 0) is 15.4 Å². The Kier molecular flexibility index (Phi) is 7.32. The van der Waals surface area contributed by atoms with Crippen LogP contribution < -0.4 is 18.9 Å². The van der Waals surface area contributed by atoms with Gasteiger partial charge in [0.05, 0.1) is 24.1 Å². The molecule has 0 saturated heterocycles. The maximum Gasteiger partial charge on any atom is 0.263 e. The van der Waals surface area contributed by atoms with E-state index in [1.807, 2.05) is 20.8 Å². The first-order valence-electron chi connectivity index (χ1n) is 10.0. The molecule has 0 unspecified atom stereocenters. The predicted molar refractivity (Wildman–Crippen MR) is 128 cm³/mol. The van der Waals surface area contributed by atoms with E-state index in [0.29, 0.717) is 12.0 Å². The van der Waals surface area contributed by atoms with E-state index in [-0.39, 0.29) is 44.4 Å². The Balaban J connectivity index is 2.07. The number of carbonyl (C=O) groups excluding carboxylic acids is 1. The van der Waals surface area contributed by atoms with E-state index in [1.165, 1.54) is 32.4 Å².